The molecule has 4 nitrogen and oxygen atoms in total. The zero-order valence-electron chi connectivity index (χ0n) is 16.4. The summed E-state index contributed by atoms with van der Waals surface area (Å²) in [4.78, 5) is 21.8. The molecule has 29 heavy (non-hydrogen) atoms. The molecule has 0 heterocycles. The topological polar surface area (TPSA) is 66.4 Å². The molecule has 1 atom stereocenters. The molecule has 5 heteroatoms. The molecule has 1 amide bonds. The number of carbonyl (C=O) groups is 2. The minimum absolute atomic E-state index is 0.0857. The number of carbonyl (C=O) groups excluding carboxylic acids is 1. The Morgan fingerprint density at radius 1 is 0.931 bits per heavy atom. The number of amides is 1. The van der Waals surface area contributed by atoms with E-state index in [4.69, 9.17) is 9.90 Å². The Morgan fingerprint density at radius 3 is 2.07 bits per heavy atom. The fourth-order valence-corrected chi connectivity index (χ4v) is 2.99. The van der Waals surface area contributed by atoms with E-state index < -0.39 is 5.97 Å². The Labute approximate surface area is 170 Å². The van der Waals surface area contributed by atoms with E-state index in [0.717, 1.165) is 23.6 Å². The first kappa shape index (κ1) is 21.8. The highest BCUT2D eigenvalue weighted by molar-refractivity contribution is 5.97. The molecule has 0 saturated carbocycles. The van der Waals surface area contributed by atoms with Gasteiger partial charge in [-0.25, -0.2) is 4.39 Å². The van der Waals surface area contributed by atoms with Gasteiger partial charge in [0.05, 0.1) is 5.92 Å². The maximum Gasteiger partial charge on any atom is 0.300 e. The molecule has 0 spiro atoms. The molecule has 3 rings (SSSR count). The Morgan fingerprint density at radius 2 is 1.48 bits per heavy atom. The zero-order valence-corrected chi connectivity index (χ0v) is 16.4. The monoisotopic (exact) mass is 393 g/mol. The van der Waals surface area contributed by atoms with Gasteiger partial charge in [-0.05, 0) is 47.4 Å². The molecule has 3 aromatic rings. The van der Waals surface area contributed by atoms with Crippen molar-refractivity contribution in [1.82, 2.24) is 0 Å². The van der Waals surface area contributed by atoms with Crippen LogP contribution in [-0.2, 0) is 9.59 Å². The molecule has 0 aliphatic rings. The van der Waals surface area contributed by atoms with E-state index in [9.17, 15) is 9.18 Å². The van der Waals surface area contributed by atoms with Crippen LogP contribution in [0, 0.1) is 5.82 Å². The van der Waals surface area contributed by atoms with Crippen molar-refractivity contribution in [2.75, 3.05) is 5.32 Å². The Bertz CT molecular complexity index is 936. The van der Waals surface area contributed by atoms with Gasteiger partial charge in [-0.15, -0.1) is 0 Å². The summed E-state index contributed by atoms with van der Waals surface area (Å²) in [6, 6.07) is 23.9. The fourth-order valence-electron chi connectivity index (χ4n) is 2.99. The average molecular weight is 393 g/mol. The van der Waals surface area contributed by atoms with Crippen LogP contribution in [0.2, 0.25) is 0 Å². The van der Waals surface area contributed by atoms with Crippen molar-refractivity contribution >= 4 is 17.6 Å². The first-order valence-corrected chi connectivity index (χ1v) is 9.32. The molecule has 0 radical (unpaired) electrons. The number of nitrogens with one attached hydrogen (secondary N) is 1. The highest BCUT2D eigenvalue weighted by atomic mass is 19.1. The number of carboxylic acids is 1. The third-order valence-corrected chi connectivity index (χ3v) is 4.26. The Balaban J connectivity index is 0.000000687. The third-order valence-electron chi connectivity index (χ3n) is 4.26. The summed E-state index contributed by atoms with van der Waals surface area (Å²) in [7, 11) is 0. The lowest BCUT2D eigenvalue weighted by Crippen LogP contribution is -2.21. The van der Waals surface area contributed by atoms with E-state index in [1.54, 1.807) is 12.1 Å². The van der Waals surface area contributed by atoms with Crippen LogP contribution in [0.5, 0.6) is 0 Å². The van der Waals surface area contributed by atoms with E-state index in [1.165, 1.54) is 12.1 Å². The molecule has 0 bridgehead atoms. The normalized spacial score (nSPS) is 11.0. The summed E-state index contributed by atoms with van der Waals surface area (Å²) < 4.78 is 13.0. The van der Waals surface area contributed by atoms with E-state index in [2.05, 4.69) is 5.32 Å². The lowest BCUT2D eigenvalue weighted by atomic mass is 9.88. The van der Waals surface area contributed by atoms with Crippen molar-refractivity contribution < 1.29 is 19.1 Å². The third kappa shape index (κ3) is 6.57. The largest absolute Gasteiger partial charge is 0.481 e. The predicted molar refractivity (Wildman–Crippen MR) is 113 cm³/mol. The molecule has 0 aliphatic carbocycles. The van der Waals surface area contributed by atoms with Gasteiger partial charge in [0.1, 0.15) is 5.82 Å². The Hall–Kier alpha value is -3.47. The van der Waals surface area contributed by atoms with Gasteiger partial charge in [-0.3, -0.25) is 9.59 Å². The van der Waals surface area contributed by atoms with Crippen LogP contribution in [0.1, 0.15) is 31.7 Å². The maximum absolute atomic E-state index is 13.0. The van der Waals surface area contributed by atoms with Crippen molar-refractivity contribution in [2.45, 2.75) is 26.2 Å². The van der Waals surface area contributed by atoms with Gasteiger partial charge in [0, 0.05) is 12.6 Å². The van der Waals surface area contributed by atoms with E-state index in [-0.39, 0.29) is 17.6 Å². The first-order valence-electron chi connectivity index (χ1n) is 9.32. The number of benzene rings is 3. The van der Waals surface area contributed by atoms with Gasteiger partial charge >= 0.3 is 0 Å². The smallest absolute Gasteiger partial charge is 0.300 e. The van der Waals surface area contributed by atoms with E-state index in [1.807, 2.05) is 61.5 Å². The number of carboxylic acid groups (broad SMARTS) is 1. The minimum Gasteiger partial charge on any atom is -0.481 e. The second kappa shape index (κ2) is 10.8. The van der Waals surface area contributed by atoms with Crippen molar-refractivity contribution in [3.8, 4) is 11.1 Å². The predicted octanol–water partition coefficient (Wildman–Crippen LogP) is 5.72. The molecule has 150 valence electrons. The number of hydrogen-bond donors (Lipinski definition) is 2. The lowest BCUT2D eigenvalue weighted by molar-refractivity contribution is -0.134. The fraction of sp³-hybridized carbons (Fsp3) is 0.167. The summed E-state index contributed by atoms with van der Waals surface area (Å²) in [6.07, 6.45) is 0.677. The molecule has 0 fully saturated rings. The summed E-state index contributed by atoms with van der Waals surface area (Å²) in [5.74, 6) is -1.52. The number of anilines is 1. The van der Waals surface area contributed by atoms with E-state index in [0.29, 0.717) is 12.1 Å². The molecular formula is C24H24FNO3. The van der Waals surface area contributed by atoms with Crippen molar-refractivity contribution in [1.29, 1.82) is 0 Å². The van der Waals surface area contributed by atoms with Crippen molar-refractivity contribution in [3.05, 3.63) is 90.2 Å². The Kier molecular flexibility index (Phi) is 8.10. The average Bonchev–Trinajstić information content (AvgIpc) is 2.71. The summed E-state index contributed by atoms with van der Waals surface area (Å²) in [5, 5.41) is 10.3. The highest BCUT2D eigenvalue weighted by Gasteiger charge is 2.22. The molecule has 3 aromatic carbocycles. The molecule has 0 saturated heterocycles. The van der Waals surface area contributed by atoms with Gasteiger partial charge in [0.25, 0.3) is 5.97 Å². The second-order valence-corrected chi connectivity index (χ2v) is 6.43. The van der Waals surface area contributed by atoms with Crippen molar-refractivity contribution in [2.24, 2.45) is 0 Å². The van der Waals surface area contributed by atoms with Crippen LogP contribution in [0.25, 0.3) is 11.1 Å². The zero-order chi connectivity index (χ0) is 21.2. The first-order chi connectivity index (χ1) is 13.9. The van der Waals surface area contributed by atoms with Crippen LogP contribution in [-0.4, -0.2) is 17.0 Å². The van der Waals surface area contributed by atoms with Gasteiger partial charge in [0.2, 0.25) is 5.91 Å². The van der Waals surface area contributed by atoms with Gasteiger partial charge < -0.3 is 10.4 Å². The minimum atomic E-state index is -0.833. The van der Waals surface area contributed by atoms with Crippen molar-refractivity contribution in [3.63, 3.8) is 0 Å². The lowest BCUT2D eigenvalue weighted by Gasteiger charge is -2.19. The van der Waals surface area contributed by atoms with Gasteiger partial charge in [0.15, 0.2) is 0 Å². The number of halogens is 1. The summed E-state index contributed by atoms with van der Waals surface area (Å²) >= 11 is 0. The molecule has 0 aliphatic heterocycles. The van der Waals surface area contributed by atoms with Crippen LogP contribution >= 0.6 is 0 Å². The SMILES string of the molecule is CC(=O)O.CCC(C(=O)Nc1ccc(F)cc1)c1ccccc1-c1ccccc1. The number of hydrogen-bond acceptors (Lipinski definition) is 2. The van der Waals surface area contributed by atoms with Crippen LogP contribution in [0.3, 0.4) is 0 Å². The van der Waals surface area contributed by atoms with Gasteiger partial charge in [-0.2, -0.15) is 0 Å². The number of aliphatic carboxylic acids is 1. The standard InChI is InChI=1S/C22H20FNO.C2H4O2/c1-2-19(22(25)24-18-14-12-17(23)13-15-18)21-11-7-6-10-20(21)16-8-4-3-5-9-16;1-2(3)4/h3-15,19H,2H2,1H3,(H,24,25);1H3,(H,3,4). The molecule has 0 aromatic heterocycles. The summed E-state index contributed by atoms with van der Waals surface area (Å²) in [6.45, 7) is 3.08. The van der Waals surface area contributed by atoms with E-state index >= 15 is 0 Å². The maximum atomic E-state index is 13.0. The second-order valence-electron chi connectivity index (χ2n) is 6.43. The van der Waals surface area contributed by atoms with Crippen LogP contribution < -0.4 is 5.32 Å². The van der Waals surface area contributed by atoms with Gasteiger partial charge in [-0.1, -0.05) is 61.5 Å². The van der Waals surface area contributed by atoms with Crippen LogP contribution in [0.15, 0.2) is 78.9 Å². The van der Waals surface area contributed by atoms with Crippen LogP contribution in [0.4, 0.5) is 10.1 Å². The highest BCUT2D eigenvalue weighted by Crippen LogP contribution is 2.32. The molecule has 1 unspecified atom stereocenters. The summed E-state index contributed by atoms with van der Waals surface area (Å²) in [5.41, 5.74) is 3.74. The molecular weight excluding hydrogens is 369 g/mol. The number of rotatable bonds is 5. The quantitative estimate of drug-likeness (QED) is 0.583. The molecule has 2 N–H and O–H groups in total.